The molecule has 0 aliphatic heterocycles. The first-order valence-electron chi connectivity index (χ1n) is 11.2. The highest BCUT2D eigenvalue weighted by atomic mass is 32.2. The molecule has 4 bridgehead atoms. The minimum atomic E-state index is -0.0253. The molecular formula is C24H31N3O2S. The van der Waals surface area contributed by atoms with Crippen molar-refractivity contribution in [3.63, 3.8) is 0 Å². The van der Waals surface area contributed by atoms with Crippen LogP contribution in [-0.4, -0.2) is 21.9 Å². The lowest BCUT2D eigenvalue weighted by molar-refractivity contribution is -0.119. The molecule has 0 saturated heterocycles. The molecule has 1 aromatic carbocycles. The fourth-order valence-corrected chi connectivity index (χ4v) is 6.96. The van der Waals surface area contributed by atoms with E-state index in [0.717, 1.165) is 29.2 Å². The lowest BCUT2D eigenvalue weighted by Gasteiger charge is -2.55. The van der Waals surface area contributed by atoms with Gasteiger partial charge < -0.3 is 9.73 Å². The summed E-state index contributed by atoms with van der Waals surface area (Å²) in [5.41, 5.74) is 3.74. The van der Waals surface area contributed by atoms with E-state index < -0.39 is 0 Å². The second kappa shape index (κ2) is 7.70. The number of amides is 1. The Balaban J connectivity index is 1.18. The van der Waals surface area contributed by atoms with Gasteiger partial charge in [-0.2, -0.15) is 0 Å². The zero-order valence-corrected chi connectivity index (χ0v) is 18.9. The van der Waals surface area contributed by atoms with Gasteiger partial charge in [-0.05, 0) is 93.7 Å². The van der Waals surface area contributed by atoms with E-state index in [1.165, 1.54) is 61.4 Å². The van der Waals surface area contributed by atoms with Crippen LogP contribution in [0, 0.1) is 31.6 Å². The van der Waals surface area contributed by atoms with Gasteiger partial charge in [0.05, 0.1) is 11.8 Å². The Labute approximate surface area is 182 Å². The monoisotopic (exact) mass is 425 g/mol. The molecule has 6 heteroatoms. The van der Waals surface area contributed by atoms with Crippen LogP contribution in [0.4, 0.5) is 0 Å². The van der Waals surface area contributed by atoms with E-state index in [9.17, 15) is 4.79 Å². The van der Waals surface area contributed by atoms with Crippen molar-refractivity contribution in [2.75, 3.05) is 5.75 Å². The number of benzene rings is 1. The summed E-state index contributed by atoms with van der Waals surface area (Å²) in [4.78, 5) is 12.5. The fraction of sp³-hybridized carbons (Fsp3) is 0.625. The smallest absolute Gasteiger partial charge is 0.277 e. The minimum Gasteiger partial charge on any atom is -0.415 e. The van der Waals surface area contributed by atoms with Crippen molar-refractivity contribution in [2.24, 2.45) is 17.8 Å². The Hall–Kier alpha value is -1.82. The number of rotatable bonds is 6. The topological polar surface area (TPSA) is 68.0 Å². The van der Waals surface area contributed by atoms with Crippen LogP contribution in [0.15, 0.2) is 27.8 Å². The van der Waals surface area contributed by atoms with Crippen molar-refractivity contribution in [3.05, 3.63) is 40.8 Å². The molecule has 1 atom stereocenters. The van der Waals surface area contributed by atoms with Gasteiger partial charge in [-0.15, -0.1) is 10.2 Å². The summed E-state index contributed by atoms with van der Waals surface area (Å²) in [5.74, 6) is 3.64. The van der Waals surface area contributed by atoms with Crippen LogP contribution in [0.3, 0.4) is 0 Å². The average molecular weight is 426 g/mol. The molecule has 30 heavy (non-hydrogen) atoms. The summed E-state index contributed by atoms with van der Waals surface area (Å²) in [6.45, 7) is 6.21. The molecule has 0 radical (unpaired) electrons. The summed E-state index contributed by atoms with van der Waals surface area (Å²) in [6, 6.07) is 6.30. The maximum Gasteiger partial charge on any atom is 0.277 e. The number of nitrogens with one attached hydrogen (secondary N) is 1. The normalized spacial score (nSPS) is 30.4. The lowest BCUT2D eigenvalue weighted by atomic mass is 9.49. The summed E-state index contributed by atoms with van der Waals surface area (Å²) < 4.78 is 6.10. The first-order chi connectivity index (χ1) is 14.4. The Bertz CT molecular complexity index is 918. The highest BCUT2D eigenvalue weighted by Crippen LogP contribution is 2.60. The number of hydrogen-bond acceptors (Lipinski definition) is 5. The Morgan fingerprint density at radius 2 is 1.80 bits per heavy atom. The Morgan fingerprint density at radius 1 is 1.13 bits per heavy atom. The maximum atomic E-state index is 12.5. The number of aromatic nitrogens is 2. The highest BCUT2D eigenvalue weighted by Gasteiger charge is 2.54. The molecule has 4 aliphatic rings. The van der Waals surface area contributed by atoms with Crippen molar-refractivity contribution >= 4 is 17.7 Å². The van der Waals surface area contributed by atoms with E-state index in [0.29, 0.717) is 5.22 Å². The van der Waals surface area contributed by atoms with Gasteiger partial charge in [0.2, 0.25) is 11.8 Å². The van der Waals surface area contributed by atoms with Crippen molar-refractivity contribution in [1.82, 2.24) is 15.5 Å². The molecule has 160 valence electrons. The zero-order chi connectivity index (χ0) is 20.9. The predicted molar refractivity (Wildman–Crippen MR) is 117 cm³/mol. The van der Waals surface area contributed by atoms with Gasteiger partial charge in [0.25, 0.3) is 5.22 Å². The van der Waals surface area contributed by atoms with Gasteiger partial charge in [0, 0.05) is 5.41 Å². The molecule has 0 spiro atoms. The first kappa shape index (κ1) is 20.1. The van der Waals surface area contributed by atoms with E-state index in [1.807, 2.05) is 6.92 Å². The van der Waals surface area contributed by atoms with Gasteiger partial charge in [-0.25, -0.2) is 0 Å². The van der Waals surface area contributed by atoms with Gasteiger partial charge in [0.15, 0.2) is 0 Å². The van der Waals surface area contributed by atoms with Gasteiger partial charge in [0.1, 0.15) is 0 Å². The predicted octanol–water partition coefficient (Wildman–Crippen LogP) is 5.12. The van der Waals surface area contributed by atoms with Crippen LogP contribution in [0.2, 0.25) is 0 Å². The SMILES string of the molecule is Cc1ccc([C@@H](C)NC(=O)CSc2nnc(C34CC5CC(CC(C5)C3)C4)o2)cc1C. The molecule has 5 nitrogen and oxygen atoms in total. The quantitative estimate of drug-likeness (QED) is 0.650. The molecule has 1 N–H and O–H groups in total. The molecule has 4 fully saturated rings. The van der Waals surface area contributed by atoms with Crippen LogP contribution < -0.4 is 5.32 Å². The fourth-order valence-electron chi connectivity index (χ4n) is 6.38. The van der Waals surface area contributed by atoms with E-state index in [1.54, 1.807) is 0 Å². The van der Waals surface area contributed by atoms with Gasteiger partial charge >= 0.3 is 0 Å². The number of carbonyl (C=O) groups excluding carboxylic acids is 1. The number of hydrogen-bond donors (Lipinski definition) is 1. The zero-order valence-electron chi connectivity index (χ0n) is 18.1. The molecule has 4 saturated carbocycles. The lowest BCUT2D eigenvalue weighted by Crippen LogP contribution is -2.48. The molecular weight excluding hydrogens is 394 g/mol. The summed E-state index contributed by atoms with van der Waals surface area (Å²) >= 11 is 1.34. The number of carbonyl (C=O) groups is 1. The molecule has 4 aliphatic carbocycles. The van der Waals surface area contributed by atoms with Crippen LogP contribution in [-0.2, 0) is 10.2 Å². The van der Waals surface area contributed by atoms with E-state index in [4.69, 9.17) is 4.42 Å². The minimum absolute atomic E-state index is 0.0136. The van der Waals surface area contributed by atoms with Crippen molar-refractivity contribution in [1.29, 1.82) is 0 Å². The van der Waals surface area contributed by atoms with Crippen LogP contribution >= 0.6 is 11.8 Å². The number of thioether (sulfide) groups is 1. The third-order valence-corrected chi connectivity index (χ3v) is 8.45. The van der Waals surface area contributed by atoms with Crippen molar-refractivity contribution in [3.8, 4) is 0 Å². The van der Waals surface area contributed by atoms with E-state index >= 15 is 0 Å². The third-order valence-electron chi connectivity index (χ3n) is 7.63. The Morgan fingerprint density at radius 3 is 2.43 bits per heavy atom. The largest absolute Gasteiger partial charge is 0.415 e. The van der Waals surface area contributed by atoms with Gasteiger partial charge in [-0.1, -0.05) is 30.0 Å². The Kier molecular flexibility index (Phi) is 5.16. The van der Waals surface area contributed by atoms with Crippen molar-refractivity contribution in [2.45, 2.75) is 76.0 Å². The third kappa shape index (κ3) is 3.79. The number of nitrogens with zero attached hydrogens (tertiary/aromatic N) is 2. The molecule has 2 aromatic rings. The number of aryl methyl sites for hydroxylation is 2. The first-order valence-corrected chi connectivity index (χ1v) is 12.2. The molecule has 1 amide bonds. The summed E-state index contributed by atoms with van der Waals surface area (Å²) in [5, 5.41) is 12.3. The highest BCUT2D eigenvalue weighted by molar-refractivity contribution is 7.99. The average Bonchev–Trinajstić information content (AvgIpc) is 3.17. The second-order valence-corrected chi connectivity index (χ2v) is 10.9. The second-order valence-electron chi connectivity index (χ2n) is 9.99. The molecule has 1 aromatic heterocycles. The van der Waals surface area contributed by atoms with Gasteiger partial charge in [-0.3, -0.25) is 4.79 Å². The summed E-state index contributed by atoms with van der Waals surface area (Å²) in [6.07, 6.45) is 7.81. The molecule has 0 unspecified atom stereocenters. The molecule has 6 rings (SSSR count). The standard InChI is InChI=1S/C24H31N3O2S/c1-14-4-5-20(6-15(14)2)16(3)25-21(28)13-30-23-27-26-22(29-23)24-10-17-7-18(11-24)9-19(8-17)12-24/h4-6,16-19H,7-13H2,1-3H3,(H,25,28)/t16-,17?,18?,19?,24?/m1/s1. The van der Waals surface area contributed by atoms with Crippen LogP contribution in [0.25, 0.3) is 0 Å². The summed E-state index contributed by atoms with van der Waals surface area (Å²) in [7, 11) is 0. The van der Waals surface area contributed by atoms with E-state index in [2.05, 4.69) is 47.6 Å². The van der Waals surface area contributed by atoms with Crippen molar-refractivity contribution < 1.29 is 9.21 Å². The molecule has 1 heterocycles. The maximum absolute atomic E-state index is 12.5. The van der Waals surface area contributed by atoms with Crippen LogP contribution in [0.5, 0.6) is 0 Å². The van der Waals surface area contributed by atoms with Crippen LogP contribution in [0.1, 0.15) is 74.1 Å². The van der Waals surface area contributed by atoms with E-state index in [-0.39, 0.29) is 23.1 Å².